The van der Waals surface area contributed by atoms with E-state index in [1.54, 1.807) is 32.9 Å². The predicted octanol–water partition coefficient (Wildman–Crippen LogP) is 6.49. The van der Waals surface area contributed by atoms with Gasteiger partial charge < -0.3 is 20.1 Å². The van der Waals surface area contributed by atoms with Crippen LogP contribution in [0.5, 0.6) is 5.75 Å². The Kier molecular flexibility index (Phi) is 5.84. The Morgan fingerprint density at radius 2 is 1.25 bits per heavy atom. The van der Waals surface area contributed by atoms with E-state index in [0.29, 0.717) is 5.75 Å². The van der Waals surface area contributed by atoms with Crippen molar-refractivity contribution in [1.82, 2.24) is 0 Å². The molecule has 0 spiro atoms. The third-order valence-corrected chi connectivity index (χ3v) is 3.66. The smallest absolute Gasteiger partial charge is 0.428 e. The van der Waals surface area contributed by atoms with Crippen LogP contribution in [-0.4, -0.2) is 11.8 Å². The molecule has 0 heterocycles. The van der Waals surface area contributed by atoms with E-state index in [1.165, 1.54) is 0 Å². The lowest BCUT2D eigenvalue weighted by Gasteiger charge is -2.18. The summed E-state index contributed by atoms with van der Waals surface area (Å²) in [6, 6.07) is 25.1. The molecule has 0 saturated carbocycles. The maximum Gasteiger partial charge on any atom is 0.514 e. The first kappa shape index (κ1) is 19.3. The van der Waals surface area contributed by atoms with Gasteiger partial charge in [0.2, 0.25) is 0 Å². The Morgan fingerprint density at radius 1 is 0.714 bits per heavy atom. The maximum atomic E-state index is 11.8. The fraction of sp³-hybridized carbons (Fsp3) is 0.174. The van der Waals surface area contributed by atoms with Crippen molar-refractivity contribution in [3.8, 4) is 5.75 Å². The molecule has 2 N–H and O–H groups in total. The molecule has 28 heavy (non-hydrogen) atoms. The molecule has 0 aromatic heterocycles. The Bertz CT molecular complexity index is 917. The molecule has 0 saturated heterocycles. The molecule has 0 bridgehead atoms. The lowest BCUT2D eigenvalue weighted by atomic mass is 10.2. The molecule has 144 valence electrons. The molecule has 0 atom stereocenters. The topological polar surface area (TPSA) is 59.6 Å². The molecule has 0 radical (unpaired) electrons. The molecular formula is C23H24N2O3. The largest absolute Gasteiger partial charge is 0.514 e. The minimum absolute atomic E-state index is 0.418. The number of para-hydroxylation sites is 1. The Balaban J connectivity index is 1.61. The summed E-state index contributed by atoms with van der Waals surface area (Å²) >= 11 is 0. The highest BCUT2D eigenvalue weighted by atomic mass is 16.7. The first-order chi connectivity index (χ1) is 13.4. The number of carbonyl (C=O) groups excluding carboxylic acids is 1. The van der Waals surface area contributed by atoms with E-state index in [2.05, 4.69) is 10.6 Å². The lowest BCUT2D eigenvalue weighted by Crippen LogP contribution is -2.25. The van der Waals surface area contributed by atoms with E-state index in [1.807, 2.05) is 66.7 Å². The standard InChI is InChI=1S/C23H24N2O3/c1-23(2,3)28-22(26)27-21-11-7-10-20(16-21)25-19-14-12-18(13-15-19)24-17-8-5-4-6-9-17/h4-16,24-25H,1-3H3. The average Bonchev–Trinajstić information content (AvgIpc) is 2.63. The maximum absolute atomic E-state index is 11.8. The van der Waals surface area contributed by atoms with Gasteiger partial charge in [0.15, 0.2) is 0 Å². The van der Waals surface area contributed by atoms with Gasteiger partial charge in [-0.3, -0.25) is 0 Å². The molecule has 0 aliphatic carbocycles. The summed E-state index contributed by atoms with van der Waals surface area (Å²) in [4.78, 5) is 11.8. The number of nitrogens with one attached hydrogen (secondary N) is 2. The van der Waals surface area contributed by atoms with Gasteiger partial charge in [-0.25, -0.2) is 4.79 Å². The first-order valence-corrected chi connectivity index (χ1v) is 9.07. The molecule has 5 heteroatoms. The summed E-state index contributed by atoms with van der Waals surface area (Å²) in [7, 11) is 0. The summed E-state index contributed by atoms with van der Waals surface area (Å²) in [6.07, 6.45) is -0.721. The van der Waals surface area contributed by atoms with Gasteiger partial charge in [-0.15, -0.1) is 0 Å². The average molecular weight is 376 g/mol. The van der Waals surface area contributed by atoms with E-state index >= 15 is 0 Å². The second kappa shape index (κ2) is 8.48. The molecular weight excluding hydrogens is 352 g/mol. The SMILES string of the molecule is CC(C)(C)OC(=O)Oc1cccc(Nc2ccc(Nc3ccccc3)cc2)c1. The van der Waals surface area contributed by atoms with Crippen molar-refractivity contribution in [2.24, 2.45) is 0 Å². The van der Waals surface area contributed by atoms with Crippen LogP contribution in [0.1, 0.15) is 20.8 Å². The molecule has 0 aliphatic rings. The molecule has 0 amide bonds. The van der Waals surface area contributed by atoms with Crippen LogP contribution in [0.4, 0.5) is 27.5 Å². The van der Waals surface area contributed by atoms with E-state index in [9.17, 15) is 4.79 Å². The van der Waals surface area contributed by atoms with Crippen molar-refractivity contribution < 1.29 is 14.3 Å². The van der Waals surface area contributed by atoms with Crippen LogP contribution in [0.15, 0.2) is 78.9 Å². The molecule has 3 aromatic carbocycles. The fourth-order valence-corrected chi connectivity index (χ4v) is 2.50. The van der Waals surface area contributed by atoms with Gasteiger partial charge in [-0.1, -0.05) is 24.3 Å². The number of benzene rings is 3. The molecule has 3 rings (SSSR count). The van der Waals surface area contributed by atoms with Crippen molar-refractivity contribution in [3.05, 3.63) is 78.9 Å². The summed E-state index contributed by atoms with van der Waals surface area (Å²) < 4.78 is 10.4. The number of rotatable bonds is 5. The van der Waals surface area contributed by atoms with Crippen LogP contribution in [0.25, 0.3) is 0 Å². The zero-order valence-corrected chi connectivity index (χ0v) is 16.2. The zero-order chi connectivity index (χ0) is 20.0. The van der Waals surface area contributed by atoms with Crippen molar-refractivity contribution in [2.75, 3.05) is 10.6 Å². The number of hydrogen-bond acceptors (Lipinski definition) is 5. The summed E-state index contributed by atoms with van der Waals surface area (Å²) in [6.45, 7) is 5.38. The first-order valence-electron chi connectivity index (χ1n) is 9.07. The minimum Gasteiger partial charge on any atom is -0.428 e. The van der Waals surface area contributed by atoms with Crippen molar-refractivity contribution in [1.29, 1.82) is 0 Å². The second-order valence-electron chi connectivity index (χ2n) is 7.29. The molecule has 0 fully saturated rings. The van der Waals surface area contributed by atoms with Crippen LogP contribution in [0.2, 0.25) is 0 Å². The lowest BCUT2D eigenvalue weighted by molar-refractivity contribution is 0.0206. The van der Waals surface area contributed by atoms with Crippen molar-refractivity contribution >= 4 is 28.9 Å². The van der Waals surface area contributed by atoms with Gasteiger partial charge in [-0.2, -0.15) is 0 Å². The second-order valence-corrected chi connectivity index (χ2v) is 7.29. The highest BCUT2D eigenvalue weighted by Gasteiger charge is 2.18. The zero-order valence-electron chi connectivity index (χ0n) is 16.2. The number of anilines is 4. The fourth-order valence-electron chi connectivity index (χ4n) is 2.50. The van der Waals surface area contributed by atoms with E-state index in [4.69, 9.17) is 9.47 Å². The van der Waals surface area contributed by atoms with Crippen LogP contribution < -0.4 is 15.4 Å². The van der Waals surface area contributed by atoms with Crippen LogP contribution in [0.3, 0.4) is 0 Å². The number of ether oxygens (including phenoxy) is 2. The van der Waals surface area contributed by atoms with E-state index in [-0.39, 0.29) is 0 Å². The molecule has 0 unspecified atom stereocenters. The highest BCUT2D eigenvalue weighted by Crippen LogP contribution is 2.24. The van der Waals surface area contributed by atoms with Gasteiger partial charge in [0.25, 0.3) is 0 Å². The van der Waals surface area contributed by atoms with E-state index < -0.39 is 11.8 Å². The monoisotopic (exact) mass is 376 g/mol. The molecule has 0 aliphatic heterocycles. The van der Waals surface area contributed by atoms with Gasteiger partial charge in [0.05, 0.1) is 0 Å². The van der Waals surface area contributed by atoms with Gasteiger partial charge >= 0.3 is 6.16 Å². The van der Waals surface area contributed by atoms with Gasteiger partial charge in [0, 0.05) is 28.8 Å². The quantitative estimate of drug-likeness (QED) is 0.394. The Hall–Kier alpha value is -3.47. The minimum atomic E-state index is -0.721. The molecule has 3 aromatic rings. The Morgan fingerprint density at radius 3 is 1.86 bits per heavy atom. The van der Waals surface area contributed by atoms with E-state index in [0.717, 1.165) is 22.7 Å². The predicted molar refractivity (Wildman–Crippen MR) is 113 cm³/mol. The number of carbonyl (C=O) groups is 1. The highest BCUT2D eigenvalue weighted by molar-refractivity contribution is 5.68. The summed E-state index contributed by atoms with van der Waals surface area (Å²) in [5.74, 6) is 0.418. The van der Waals surface area contributed by atoms with Crippen molar-refractivity contribution in [3.63, 3.8) is 0 Å². The summed E-state index contributed by atoms with van der Waals surface area (Å²) in [5.41, 5.74) is 3.18. The third kappa shape index (κ3) is 6.06. The number of hydrogen-bond donors (Lipinski definition) is 2. The van der Waals surface area contributed by atoms with Gasteiger partial charge in [0.1, 0.15) is 11.4 Å². The Labute approximate surface area is 165 Å². The van der Waals surface area contributed by atoms with Crippen LogP contribution in [0, 0.1) is 0 Å². The van der Waals surface area contributed by atoms with Crippen molar-refractivity contribution in [2.45, 2.75) is 26.4 Å². The molecule has 5 nitrogen and oxygen atoms in total. The third-order valence-electron chi connectivity index (χ3n) is 3.66. The summed E-state index contributed by atoms with van der Waals surface area (Å²) in [5, 5.41) is 6.64. The van der Waals surface area contributed by atoms with Gasteiger partial charge in [-0.05, 0) is 69.3 Å². The normalized spacial score (nSPS) is 10.8. The van der Waals surface area contributed by atoms with Crippen LogP contribution in [-0.2, 0) is 4.74 Å². The van der Waals surface area contributed by atoms with Crippen LogP contribution >= 0.6 is 0 Å².